The van der Waals surface area contributed by atoms with E-state index in [0.29, 0.717) is 19.0 Å². The maximum absolute atomic E-state index is 12.3. The zero-order valence-electron chi connectivity index (χ0n) is 14.3. The van der Waals surface area contributed by atoms with Crippen molar-refractivity contribution in [1.29, 1.82) is 0 Å². The van der Waals surface area contributed by atoms with Gasteiger partial charge in [-0.2, -0.15) is 0 Å². The van der Waals surface area contributed by atoms with Crippen molar-refractivity contribution in [1.82, 2.24) is 14.9 Å². The number of aromatic nitrogens is 2. The molecule has 1 aliphatic rings. The molecule has 0 bridgehead atoms. The first kappa shape index (κ1) is 16.3. The lowest BCUT2D eigenvalue weighted by Gasteiger charge is -2.31. The molecule has 2 aromatic carbocycles. The van der Waals surface area contributed by atoms with Gasteiger partial charge in [-0.15, -0.1) is 0 Å². The van der Waals surface area contributed by atoms with Crippen LogP contribution in [0.1, 0.15) is 12.8 Å². The fourth-order valence-corrected chi connectivity index (χ4v) is 3.07. The van der Waals surface area contributed by atoms with Crippen molar-refractivity contribution in [2.45, 2.75) is 18.9 Å². The average Bonchev–Trinajstić information content (AvgIpc) is 2.69. The van der Waals surface area contributed by atoms with Crippen LogP contribution in [0.5, 0.6) is 5.88 Å². The first-order chi connectivity index (χ1) is 12.8. The molecule has 1 aliphatic heterocycles. The number of para-hydroxylation sites is 3. The first-order valence-corrected chi connectivity index (χ1v) is 8.77. The standard InChI is InChI=1S/C20H20N4O2/c25-20(22-15-6-2-1-3-7-15)24-12-10-16(11-13-24)26-19-14-21-17-8-4-5-9-18(17)23-19/h1-9,14,16H,10-13H2,(H,22,25). The molecule has 4 rings (SSSR count). The summed E-state index contributed by atoms with van der Waals surface area (Å²) in [5.74, 6) is 0.538. The number of urea groups is 1. The monoisotopic (exact) mass is 348 g/mol. The molecule has 0 spiro atoms. The highest BCUT2D eigenvalue weighted by Crippen LogP contribution is 2.19. The van der Waals surface area contributed by atoms with E-state index in [0.717, 1.165) is 29.6 Å². The Balaban J connectivity index is 1.32. The topological polar surface area (TPSA) is 67.4 Å². The van der Waals surface area contributed by atoms with Crippen LogP contribution in [-0.4, -0.2) is 40.1 Å². The third-order valence-corrected chi connectivity index (χ3v) is 4.47. The average molecular weight is 348 g/mol. The van der Waals surface area contributed by atoms with Gasteiger partial charge in [0.2, 0.25) is 5.88 Å². The second-order valence-electron chi connectivity index (χ2n) is 6.30. The summed E-state index contributed by atoms with van der Waals surface area (Å²) in [6.07, 6.45) is 3.26. The van der Waals surface area contributed by atoms with Crippen LogP contribution in [0, 0.1) is 0 Å². The number of carbonyl (C=O) groups is 1. The van der Waals surface area contributed by atoms with E-state index in [9.17, 15) is 4.79 Å². The van der Waals surface area contributed by atoms with E-state index in [2.05, 4.69) is 15.3 Å². The highest BCUT2D eigenvalue weighted by molar-refractivity contribution is 5.89. The van der Waals surface area contributed by atoms with Crippen LogP contribution in [0.25, 0.3) is 11.0 Å². The van der Waals surface area contributed by atoms with E-state index < -0.39 is 0 Å². The van der Waals surface area contributed by atoms with Crippen molar-refractivity contribution >= 4 is 22.8 Å². The summed E-state index contributed by atoms with van der Waals surface area (Å²) in [5.41, 5.74) is 2.49. The maximum atomic E-state index is 12.3. The van der Waals surface area contributed by atoms with Gasteiger partial charge in [-0.25, -0.2) is 14.8 Å². The number of hydrogen-bond donors (Lipinski definition) is 1. The van der Waals surface area contributed by atoms with Crippen molar-refractivity contribution in [2.75, 3.05) is 18.4 Å². The van der Waals surface area contributed by atoms with Crippen molar-refractivity contribution < 1.29 is 9.53 Å². The summed E-state index contributed by atoms with van der Waals surface area (Å²) < 4.78 is 5.98. The lowest BCUT2D eigenvalue weighted by Crippen LogP contribution is -2.43. The van der Waals surface area contributed by atoms with Gasteiger partial charge < -0.3 is 15.0 Å². The molecular formula is C20H20N4O2. The van der Waals surface area contributed by atoms with Gasteiger partial charge in [-0.05, 0) is 24.3 Å². The predicted octanol–water partition coefficient (Wildman–Crippen LogP) is 3.71. The highest BCUT2D eigenvalue weighted by Gasteiger charge is 2.24. The number of fused-ring (bicyclic) bond motifs is 1. The number of ether oxygens (including phenoxy) is 1. The fraction of sp³-hybridized carbons (Fsp3) is 0.250. The van der Waals surface area contributed by atoms with Crippen LogP contribution in [-0.2, 0) is 0 Å². The lowest BCUT2D eigenvalue weighted by atomic mass is 10.1. The Morgan fingerprint density at radius 2 is 1.69 bits per heavy atom. The van der Waals surface area contributed by atoms with Crippen LogP contribution >= 0.6 is 0 Å². The molecule has 6 heteroatoms. The Morgan fingerprint density at radius 3 is 2.46 bits per heavy atom. The number of likely N-dealkylation sites (tertiary alicyclic amines) is 1. The van der Waals surface area contributed by atoms with Crippen LogP contribution in [0.15, 0.2) is 60.8 Å². The van der Waals surface area contributed by atoms with Gasteiger partial charge in [0, 0.05) is 31.6 Å². The molecule has 0 aliphatic carbocycles. The molecular weight excluding hydrogens is 328 g/mol. The van der Waals surface area contributed by atoms with E-state index in [1.165, 1.54) is 0 Å². The largest absolute Gasteiger partial charge is 0.473 e. The molecule has 6 nitrogen and oxygen atoms in total. The van der Waals surface area contributed by atoms with Gasteiger partial charge in [0.05, 0.1) is 17.2 Å². The zero-order chi connectivity index (χ0) is 17.8. The number of nitrogens with zero attached hydrogens (tertiary/aromatic N) is 3. The molecule has 26 heavy (non-hydrogen) atoms. The number of rotatable bonds is 3. The number of anilines is 1. The van der Waals surface area contributed by atoms with E-state index in [4.69, 9.17) is 4.74 Å². The third kappa shape index (κ3) is 3.74. The van der Waals surface area contributed by atoms with Gasteiger partial charge in [0.25, 0.3) is 0 Å². The normalized spacial score (nSPS) is 15.0. The Kier molecular flexibility index (Phi) is 4.64. The van der Waals surface area contributed by atoms with E-state index in [1.54, 1.807) is 6.20 Å². The quantitative estimate of drug-likeness (QED) is 0.783. The van der Waals surface area contributed by atoms with Crippen LogP contribution in [0.3, 0.4) is 0 Å². The van der Waals surface area contributed by atoms with E-state index in [-0.39, 0.29) is 12.1 Å². The molecule has 0 saturated carbocycles. The number of amides is 2. The van der Waals surface area contributed by atoms with Crippen molar-refractivity contribution in [2.24, 2.45) is 0 Å². The minimum Gasteiger partial charge on any atom is -0.473 e. The molecule has 0 radical (unpaired) electrons. The molecule has 1 aromatic heterocycles. The van der Waals surface area contributed by atoms with E-state index >= 15 is 0 Å². The molecule has 2 amide bonds. The Bertz CT molecular complexity index is 892. The molecule has 3 aromatic rings. The Hall–Kier alpha value is -3.15. The minimum atomic E-state index is -0.0693. The van der Waals surface area contributed by atoms with Crippen LogP contribution in [0.4, 0.5) is 10.5 Å². The predicted molar refractivity (Wildman–Crippen MR) is 100 cm³/mol. The minimum absolute atomic E-state index is 0.0474. The Morgan fingerprint density at radius 1 is 1.00 bits per heavy atom. The summed E-state index contributed by atoms with van der Waals surface area (Å²) in [7, 11) is 0. The van der Waals surface area contributed by atoms with Gasteiger partial charge in [0.15, 0.2) is 0 Å². The number of carbonyl (C=O) groups excluding carboxylic acids is 1. The number of piperidine rings is 1. The van der Waals surface area contributed by atoms with Crippen LogP contribution < -0.4 is 10.1 Å². The second kappa shape index (κ2) is 7.39. The summed E-state index contributed by atoms with van der Waals surface area (Å²) >= 11 is 0. The smallest absolute Gasteiger partial charge is 0.321 e. The molecule has 1 saturated heterocycles. The fourth-order valence-electron chi connectivity index (χ4n) is 3.07. The van der Waals surface area contributed by atoms with Gasteiger partial charge in [-0.3, -0.25) is 0 Å². The summed E-state index contributed by atoms with van der Waals surface area (Å²) in [6.45, 7) is 1.31. The zero-order valence-corrected chi connectivity index (χ0v) is 14.3. The van der Waals surface area contributed by atoms with Crippen molar-refractivity contribution in [3.63, 3.8) is 0 Å². The summed E-state index contributed by atoms with van der Waals surface area (Å²) in [6, 6.07) is 17.1. The second-order valence-corrected chi connectivity index (χ2v) is 6.30. The number of nitrogens with one attached hydrogen (secondary N) is 1. The lowest BCUT2D eigenvalue weighted by molar-refractivity contribution is 0.111. The van der Waals surface area contributed by atoms with E-state index in [1.807, 2.05) is 59.5 Å². The van der Waals surface area contributed by atoms with Crippen LogP contribution in [0.2, 0.25) is 0 Å². The van der Waals surface area contributed by atoms with Gasteiger partial charge >= 0.3 is 6.03 Å². The molecule has 132 valence electrons. The first-order valence-electron chi connectivity index (χ1n) is 8.77. The molecule has 2 heterocycles. The highest BCUT2D eigenvalue weighted by atomic mass is 16.5. The van der Waals surface area contributed by atoms with Crippen molar-refractivity contribution in [3.05, 3.63) is 60.8 Å². The summed E-state index contributed by atoms with van der Waals surface area (Å²) in [5, 5.41) is 2.92. The third-order valence-electron chi connectivity index (χ3n) is 4.47. The maximum Gasteiger partial charge on any atom is 0.321 e. The molecule has 1 N–H and O–H groups in total. The SMILES string of the molecule is O=C(Nc1ccccc1)N1CCC(Oc2cnc3ccccc3n2)CC1. The number of hydrogen-bond acceptors (Lipinski definition) is 4. The summed E-state index contributed by atoms with van der Waals surface area (Å²) in [4.78, 5) is 23.0. The molecule has 0 atom stereocenters. The van der Waals surface area contributed by atoms with Crippen molar-refractivity contribution in [3.8, 4) is 5.88 Å². The molecule has 1 fully saturated rings. The van der Waals surface area contributed by atoms with Gasteiger partial charge in [0.1, 0.15) is 6.10 Å². The van der Waals surface area contributed by atoms with Gasteiger partial charge in [-0.1, -0.05) is 30.3 Å². The molecule has 0 unspecified atom stereocenters. The Labute approximate surface area is 151 Å². The number of benzene rings is 2.